The van der Waals surface area contributed by atoms with Crippen LogP contribution < -0.4 is 0 Å². The Hall–Kier alpha value is -1.06. The van der Waals surface area contributed by atoms with Crippen LogP contribution in [0.4, 0.5) is 0 Å². The summed E-state index contributed by atoms with van der Waals surface area (Å²) in [6, 6.07) is -0.396. The van der Waals surface area contributed by atoms with Crippen LogP contribution >= 0.6 is 0 Å². The Morgan fingerprint density at radius 1 is 1.00 bits per heavy atom. The van der Waals surface area contributed by atoms with Crippen LogP contribution in [-0.2, 0) is 9.59 Å². The van der Waals surface area contributed by atoms with Gasteiger partial charge in [0.2, 0.25) is 11.8 Å². The van der Waals surface area contributed by atoms with Crippen molar-refractivity contribution < 1.29 is 9.59 Å². The van der Waals surface area contributed by atoms with Gasteiger partial charge in [0.1, 0.15) is 12.1 Å². The molecule has 0 N–H and O–H groups in total. The molecule has 2 amide bonds. The zero-order chi connectivity index (χ0) is 9.59. The monoisotopic (exact) mass is 182 g/mol. The van der Waals surface area contributed by atoms with Crippen LogP contribution in [0.2, 0.25) is 0 Å². The number of nitrogens with zero attached hydrogens (tertiary/aromatic N) is 2. The molecule has 3 aliphatic heterocycles. The zero-order valence-corrected chi connectivity index (χ0v) is 7.99. The summed E-state index contributed by atoms with van der Waals surface area (Å²) in [5.74, 6) is 0.203. The third kappa shape index (κ3) is 1.04. The topological polar surface area (TPSA) is 40.6 Å². The Labute approximate surface area is 77.5 Å². The van der Waals surface area contributed by atoms with Crippen molar-refractivity contribution in [1.82, 2.24) is 9.80 Å². The van der Waals surface area contributed by atoms with Crippen molar-refractivity contribution >= 4 is 11.8 Å². The van der Waals surface area contributed by atoms with Gasteiger partial charge in [0.25, 0.3) is 0 Å². The van der Waals surface area contributed by atoms with Crippen LogP contribution in [0.3, 0.4) is 0 Å². The summed E-state index contributed by atoms with van der Waals surface area (Å²) in [5.41, 5.74) is 0. The van der Waals surface area contributed by atoms with Gasteiger partial charge in [0, 0.05) is 14.1 Å². The van der Waals surface area contributed by atoms with Crippen molar-refractivity contribution in [2.75, 3.05) is 14.1 Å². The third-order valence-corrected chi connectivity index (χ3v) is 3.16. The first kappa shape index (κ1) is 8.53. The van der Waals surface area contributed by atoms with Crippen molar-refractivity contribution in [3.63, 3.8) is 0 Å². The fourth-order valence-corrected chi connectivity index (χ4v) is 2.25. The highest BCUT2D eigenvalue weighted by molar-refractivity contribution is 5.97. The summed E-state index contributed by atoms with van der Waals surface area (Å²) in [6.07, 6.45) is 2.62. The fourth-order valence-electron chi connectivity index (χ4n) is 2.25. The highest BCUT2D eigenvalue weighted by Gasteiger charge is 2.44. The maximum atomic E-state index is 11.7. The summed E-state index contributed by atoms with van der Waals surface area (Å²) in [4.78, 5) is 26.6. The quantitative estimate of drug-likeness (QED) is 0.522. The van der Waals surface area contributed by atoms with Crippen LogP contribution in [0.15, 0.2) is 0 Å². The van der Waals surface area contributed by atoms with Crippen LogP contribution in [0, 0.1) is 0 Å². The lowest BCUT2D eigenvalue weighted by Crippen LogP contribution is -2.60. The van der Waals surface area contributed by atoms with E-state index in [0.717, 1.165) is 19.3 Å². The van der Waals surface area contributed by atoms with Gasteiger partial charge in [0.05, 0.1) is 0 Å². The molecule has 4 heteroatoms. The molecule has 0 aromatic carbocycles. The molecule has 0 radical (unpaired) electrons. The van der Waals surface area contributed by atoms with Gasteiger partial charge >= 0.3 is 0 Å². The number of hydrogen-bond acceptors (Lipinski definition) is 2. The molecule has 3 aliphatic rings. The largest absolute Gasteiger partial charge is 0.332 e. The van der Waals surface area contributed by atoms with Gasteiger partial charge in [-0.15, -0.1) is 0 Å². The van der Waals surface area contributed by atoms with Crippen molar-refractivity contribution in [3.8, 4) is 0 Å². The summed E-state index contributed by atoms with van der Waals surface area (Å²) in [6.45, 7) is 0. The highest BCUT2D eigenvalue weighted by Crippen LogP contribution is 2.26. The third-order valence-electron chi connectivity index (χ3n) is 3.16. The van der Waals surface area contributed by atoms with Crippen molar-refractivity contribution in [2.45, 2.75) is 31.3 Å². The second-order valence-electron chi connectivity index (χ2n) is 3.86. The van der Waals surface area contributed by atoms with Crippen molar-refractivity contribution in [3.05, 3.63) is 0 Å². The maximum Gasteiger partial charge on any atom is 0.245 e. The first-order chi connectivity index (χ1) is 6.13. The Morgan fingerprint density at radius 2 is 1.38 bits per heavy atom. The van der Waals surface area contributed by atoms with Gasteiger partial charge in [-0.3, -0.25) is 9.59 Å². The lowest BCUT2D eigenvalue weighted by atomic mass is 10.1. The molecule has 2 bridgehead atoms. The predicted molar refractivity (Wildman–Crippen MR) is 47.0 cm³/mol. The van der Waals surface area contributed by atoms with E-state index in [1.165, 1.54) is 0 Å². The van der Waals surface area contributed by atoms with Crippen molar-refractivity contribution in [2.24, 2.45) is 0 Å². The van der Waals surface area contributed by atoms with E-state index in [0.29, 0.717) is 0 Å². The Morgan fingerprint density at radius 3 is 1.77 bits per heavy atom. The van der Waals surface area contributed by atoms with Gasteiger partial charge in [0.15, 0.2) is 0 Å². The summed E-state index contributed by atoms with van der Waals surface area (Å²) >= 11 is 0. The van der Waals surface area contributed by atoms with E-state index in [4.69, 9.17) is 0 Å². The van der Waals surface area contributed by atoms with E-state index in [-0.39, 0.29) is 23.9 Å². The van der Waals surface area contributed by atoms with Gasteiger partial charge in [-0.25, -0.2) is 0 Å². The number of carbonyl (C=O) groups is 2. The van der Waals surface area contributed by atoms with E-state index in [2.05, 4.69) is 0 Å². The zero-order valence-electron chi connectivity index (χ0n) is 7.99. The molecule has 4 nitrogen and oxygen atoms in total. The first-order valence-electron chi connectivity index (χ1n) is 4.66. The summed E-state index contributed by atoms with van der Waals surface area (Å²) in [7, 11) is 3.46. The van der Waals surface area contributed by atoms with Gasteiger partial charge < -0.3 is 9.80 Å². The second-order valence-corrected chi connectivity index (χ2v) is 3.86. The first-order valence-corrected chi connectivity index (χ1v) is 4.66. The molecule has 3 heterocycles. The normalized spacial score (nSPS) is 34.0. The molecule has 3 rings (SSSR count). The predicted octanol–water partition coefficient (Wildman–Crippen LogP) is -0.162. The molecule has 0 aromatic heterocycles. The van der Waals surface area contributed by atoms with E-state index >= 15 is 0 Å². The molecule has 0 spiro atoms. The number of likely N-dealkylation sites (N-methyl/N-ethyl adjacent to an activating group) is 2. The molecule has 13 heavy (non-hydrogen) atoms. The molecular weight excluding hydrogens is 168 g/mol. The summed E-state index contributed by atoms with van der Waals surface area (Å²) in [5, 5.41) is 0. The van der Waals surface area contributed by atoms with Gasteiger partial charge in [-0.05, 0) is 19.3 Å². The Bertz CT molecular complexity index is 238. The maximum absolute atomic E-state index is 11.7. The molecular formula is C9H14N2O2. The molecule has 2 atom stereocenters. The molecule has 0 saturated carbocycles. The second kappa shape index (κ2) is 2.72. The van der Waals surface area contributed by atoms with E-state index < -0.39 is 0 Å². The van der Waals surface area contributed by atoms with Gasteiger partial charge in [-0.2, -0.15) is 0 Å². The van der Waals surface area contributed by atoms with Crippen molar-refractivity contribution in [1.29, 1.82) is 0 Å². The molecule has 0 aromatic rings. The van der Waals surface area contributed by atoms with E-state index in [9.17, 15) is 9.59 Å². The molecule has 3 saturated heterocycles. The minimum atomic E-state index is -0.198. The highest BCUT2D eigenvalue weighted by atomic mass is 16.2. The van der Waals surface area contributed by atoms with E-state index in [1.54, 1.807) is 23.9 Å². The Balaban J connectivity index is 2.38. The molecule has 72 valence electrons. The van der Waals surface area contributed by atoms with Crippen LogP contribution in [0.1, 0.15) is 19.3 Å². The van der Waals surface area contributed by atoms with Crippen LogP contribution in [-0.4, -0.2) is 47.8 Å². The van der Waals surface area contributed by atoms with E-state index in [1.807, 2.05) is 0 Å². The number of fused-ring (bicyclic) bond motifs is 4. The van der Waals surface area contributed by atoms with Crippen LogP contribution in [0.5, 0.6) is 0 Å². The minimum absolute atomic E-state index is 0.101. The fraction of sp³-hybridized carbons (Fsp3) is 0.778. The number of rotatable bonds is 0. The molecule has 3 fully saturated rings. The molecule has 0 aliphatic carbocycles. The molecule has 0 unspecified atom stereocenters. The van der Waals surface area contributed by atoms with Crippen LogP contribution in [0.25, 0.3) is 0 Å². The Kier molecular flexibility index (Phi) is 1.78. The smallest absolute Gasteiger partial charge is 0.245 e. The lowest BCUT2D eigenvalue weighted by Gasteiger charge is -2.38. The standard InChI is InChI=1S/C9H14N2O2/c1-10-6-4-3-5-7(8(10)12)11(2)9(6)13/h6-7H,3-5H2,1-2H3/t6-,7+. The summed E-state index contributed by atoms with van der Waals surface area (Å²) < 4.78 is 0. The minimum Gasteiger partial charge on any atom is -0.332 e. The average molecular weight is 182 g/mol. The average Bonchev–Trinajstić information content (AvgIpc) is 2.33. The number of amides is 2. The lowest BCUT2D eigenvalue weighted by molar-refractivity contribution is -0.156. The number of carbonyl (C=O) groups excluding carboxylic acids is 2. The van der Waals surface area contributed by atoms with Gasteiger partial charge in [-0.1, -0.05) is 0 Å². The SMILES string of the molecule is CN1C(=O)[C@@H]2CCC[C@@H]1C(=O)N2C. The number of hydrogen-bond donors (Lipinski definition) is 0. The number of piperazine rings is 1.